The van der Waals surface area contributed by atoms with Crippen molar-refractivity contribution in [1.29, 1.82) is 0 Å². The van der Waals surface area contributed by atoms with Crippen LogP contribution >= 0.6 is 0 Å². The number of aromatic amines is 1. The summed E-state index contributed by atoms with van der Waals surface area (Å²) in [6.45, 7) is 3.41. The van der Waals surface area contributed by atoms with Gasteiger partial charge in [-0.1, -0.05) is 0 Å². The van der Waals surface area contributed by atoms with Crippen LogP contribution < -0.4 is 4.90 Å². The van der Waals surface area contributed by atoms with Gasteiger partial charge in [0.05, 0.1) is 31.1 Å². The topological polar surface area (TPSA) is 135 Å². The first kappa shape index (κ1) is 19.3. The fourth-order valence-electron chi connectivity index (χ4n) is 3.40. The van der Waals surface area contributed by atoms with Crippen LogP contribution in [-0.2, 0) is 29.2 Å². The van der Waals surface area contributed by atoms with Gasteiger partial charge in [0.15, 0.2) is 14.9 Å². The predicted molar refractivity (Wildman–Crippen MR) is 99.5 cm³/mol. The zero-order valence-electron chi connectivity index (χ0n) is 15.5. The van der Waals surface area contributed by atoms with Gasteiger partial charge in [-0.3, -0.25) is 5.10 Å². The Morgan fingerprint density at radius 2 is 2.00 bits per heavy atom. The highest BCUT2D eigenvalue weighted by Crippen LogP contribution is 2.52. The van der Waals surface area contributed by atoms with Gasteiger partial charge < -0.3 is 9.64 Å². The molecular formula is C16H21N5O5S2. The molecule has 0 radical (unpaired) electrons. The summed E-state index contributed by atoms with van der Waals surface area (Å²) in [5.41, 5.74) is 0.219. The van der Waals surface area contributed by atoms with Crippen LogP contribution in [0.15, 0.2) is 28.5 Å². The van der Waals surface area contributed by atoms with E-state index < -0.39 is 29.6 Å². The molecule has 28 heavy (non-hydrogen) atoms. The molecule has 1 aliphatic carbocycles. The molecular weight excluding hydrogens is 406 g/mol. The number of ether oxygens (including phenoxy) is 1. The van der Waals surface area contributed by atoms with E-state index in [1.165, 1.54) is 12.3 Å². The molecule has 2 aliphatic rings. The maximum atomic E-state index is 13.0. The average Bonchev–Trinajstić information content (AvgIpc) is 3.29. The molecule has 0 aromatic carbocycles. The van der Waals surface area contributed by atoms with Gasteiger partial charge in [-0.15, -0.1) is 0 Å². The summed E-state index contributed by atoms with van der Waals surface area (Å²) in [6, 6.07) is 2.88. The normalized spacial score (nSPS) is 22.2. The van der Waals surface area contributed by atoms with Gasteiger partial charge in [-0.25, -0.2) is 26.8 Å². The van der Waals surface area contributed by atoms with Crippen LogP contribution in [0.4, 0.5) is 5.82 Å². The molecule has 0 unspecified atom stereocenters. The van der Waals surface area contributed by atoms with Gasteiger partial charge >= 0.3 is 0 Å². The first-order valence-electron chi connectivity index (χ1n) is 8.83. The second-order valence-corrected chi connectivity index (χ2v) is 11.3. The van der Waals surface area contributed by atoms with Crippen molar-refractivity contribution in [2.45, 2.75) is 40.7 Å². The lowest BCUT2D eigenvalue weighted by Gasteiger charge is -2.34. The number of sulfone groups is 2. The minimum absolute atomic E-state index is 0.0346. The number of hydrogen-bond donors (Lipinski definition) is 1. The number of rotatable bonds is 5. The monoisotopic (exact) mass is 427 g/mol. The third-order valence-corrected chi connectivity index (χ3v) is 8.75. The summed E-state index contributed by atoms with van der Waals surface area (Å²) < 4.78 is 55.0. The molecule has 0 bridgehead atoms. The Labute approximate surface area is 163 Å². The van der Waals surface area contributed by atoms with Crippen molar-refractivity contribution in [3.63, 3.8) is 0 Å². The molecule has 4 rings (SSSR count). The Kier molecular flexibility index (Phi) is 4.47. The number of aromatic nitrogens is 4. The predicted octanol–water partition coefficient (Wildman–Crippen LogP) is 0.291. The Bertz CT molecular complexity index is 1090. The number of nitrogens with zero attached hydrogens (tertiary/aromatic N) is 4. The lowest BCUT2D eigenvalue weighted by atomic mass is 10.2. The Morgan fingerprint density at radius 3 is 2.57 bits per heavy atom. The molecule has 1 N–H and O–H groups in total. The van der Waals surface area contributed by atoms with Crippen molar-refractivity contribution >= 4 is 25.5 Å². The molecule has 2 aromatic heterocycles. The number of anilines is 1. The third kappa shape index (κ3) is 3.08. The van der Waals surface area contributed by atoms with E-state index in [1.54, 1.807) is 6.07 Å². The molecule has 3 heterocycles. The molecule has 12 heteroatoms. The van der Waals surface area contributed by atoms with Gasteiger partial charge in [0, 0.05) is 18.9 Å². The molecule has 1 atom stereocenters. The van der Waals surface area contributed by atoms with Crippen LogP contribution in [0.2, 0.25) is 0 Å². The summed E-state index contributed by atoms with van der Waals surface area (Å²) in [7, 11) is -7.54. The minimum atomic E-state index is -4.07. The van der Waals surface area contributed by atoms with Gasteiger partial charge in [-0.05, 0) is 25.8 Å². The number of H-pyrrole nitrogens is 1. The Hall–Kier alpha value is -2.05. The van der Waals surface area contributed by atoms with Crippen molar-refractivity contribution in [2.75, 3.05) is 30.9 Å². The fourth-order valence-corrected chi connectivity index (χ4v) is 5.77. The van der Waals surface area contributed by atoms with Crippen LogP contribution in [-0.4, -0.2) is 69.1 Å². The molecule has 10 nitrogen and oxygen atoms in total. The van der Waals surface area contributed by atoms with Gasteiger partial charge in [-0.2, -0.15) is 5.10 Å². The first-order chi connectivity index (χ1) is 13.1. The van der Waals surface area contributed by atoms with Crippen molar-refractivity contribution in [3.05, 3.63) is 24.0 Å². The summed E-state index contributed by atoms with van der Waals surface area (Å²) >= 11 is 0. The van der Waals surface area contributed by atoms with Gasteiger partial charge in [0.1, 0.15) is 10.6 Å². The molecule has 0 spiro atoms. The van der Waals surface area contributed by atoms with E-state index in [-0.39, 0.29) is 16.8 Å². The van der Waals surface area contributed by atoms with Crippen molar-refractivity contribution in [1.82, 2.24) is 20.2 Å². The van der Waals surface area contributed by atoms with Gasteiger partial charge in [0.25, 0.3) is 15.0 Å². The van der Waals surface area contributed by atoms with Crippen LogP contribution in [0.3, 0.4) is 0 Å². The summed E-state index contributed by atoms with van der Waals surface area (Å²) in [5.74, 6) is 0.383. The molecule has 1 saturated carbocycles. The van der Waals surface area contributed by atoms with Crippen LogP contribution in [0.1, 0.15) is 25.5 Å². The largest absolute Gasteiger partial charge is 0.377 e. The number of hydrogen-bond acceptors (Lipinski definition) is 9. The first-order valence-corrected chi connectivity index (χ1v) is 12.2. The van der Waals surface area contributed by atoms with E-state index in [1.807, 2.05) is 11.8 Å². The maximum absolute atomic E-state index is 13.0. The highest BCUT2D eigenvalue weighted by atomic mass is 32.2. The fraction of sp³-hybridized carbons (Fsp3) is 0.562. The molecule has 2 fully saturated rings. The number of morpholine rings is 1. The molecule has 2 aromatic rings. The molecule has 1 saturated heterocycles. The smallest absolute Gasteiger partial charge is 0.258 e. The highest BCUT2D eigenvalue weighted by Gasteiger charge is 2.55. The number of nitrogens with one attached hydrogen (secondary N) is 1. The maximum Gasteiger partial charge on any atom is 0.258 e. The van der Waals surface area contributed by atoms with Crippen LogP contribution in [0.25, 0.3) is 0 Å². The van der Waals surface area contributed by atoms with E-state index in [9.17, 15) is 16.8 Å². The Morgan fingerprint density at radius 1 is 1.25 bits per heavy atom. The van der Waals surface area contributed by atoms with E-state index in [0.717, 1.165) is 6.26 Å². The summed E-state index contributed by atoms with van der Waals surface area (Å²) in [6.07, 6.45) is 3.29. The van der Waals surface area contributed by atoms with E-state index >= 15 is 0 Å². The Balaban J connectivity index is 1.90. The standard InChI is InChI=1S/C16H21N5O5S2/c1-11-10-26-8-7-21(11)13-9-12(16(4-5-16)27(2,22)23)18-15(19-13)28(24,25)14-3-6-17-20-14/h3,6,9,11H,4-5,7-8,10H2,1-2H3,(H,17,20)/t11-/m1/s1. The lowest BCUT2D eigenvalue weighted by molar-refractivity contribution is 0.0984. The van der Waals surface area contributed by atoms with Crippen LogP contribution in [0, 0.1) is 0 Å². The van der Waals surface area contributed by atoms with Crippen molar-refractivity contribution in [3.8, 4) is 0 Å². The van der Waals surface area contributed by atoms with Crippen molar-refractivity contribution in [2.24, 2.45) is 0 Å². The van der Waals surface area contributed by atoms with Gasteiger partial charge in [0.2, 0.25) is 0 Å². The summed E-state index contributed by atoms with van der Waals surface area (Å²) in [5, 5.41) is 5.52. The molecule has 0 amide bonds. The lowest BCUT2D eigenvalue weighted by Crippen LogP contribution is -2.44. The zero-order chi connectivity index (χ0) is 20.2. The molecule has 152 valence electrons. The minimum Gasteiger partial charge on any atom is -0.377 e. The average molecular weight is 428 g/mol. The SMILES string of the molecule is C[C@@H]1COCCN1c1cc(C2(S(C)(=O)=O)CC2)nc(S(=O)(=O)c2ccn[nH]2)n1. The van der Waals surface area contributed by atoms with E-state index in [0.29, 0.717) is 38.4 Å². The second-order valence-electron chi connectivity index (χ2n) is 7.20. The van der Waals surface area contributed by atoms with Crippen LogP contribution in [0.5, 0.6) is 0 Å². The van der Waals surface area contributed by atoms with Crippen molar-refractivity contribution < 1.29 is 21.6 Å². The molecule has 1 aliphatic heterocycles. The highest BCUT2D eigenvalue weighted by molar-refractivity contribution is 7.92. The summed E-state index contributed by atoms with van der Waals surface area (Å²) in [4.78, 5) is 10.4. The third-order valence-electron chi connectivity index (χ3n) is 5.24. The van der Waals surface area contributed by atoms with E-state index in [4.69, 9.17) is 4.74 Å². The second kappa shape index (κ2) is 6.49. The zero-order valence-corrected chi connectivity index (χ0v) is 17.1. The van der Waals surface area contributed by atoms with E-state index in [2.05, 4.69) is 20.2 Å². The quantitative estimate of drug-likeness (QED) is 0.668.